The van der Waals surface area contributed by atoms with E-state index in [2.05, 4.69) is 10.6 Å². The Hall–Kier alpha value is -1.05. The Labute approximate surface area is 127 Å². The Kier molecular flexibility index (Phi) is 7.04. The summed E-state index contributed by atoms with van der Waals surface area (Å²) in [6.45, 7) is 2.05. The summed E-state index contributed by atoms with van der Waals surface area (Å²) < 4.78 is 0. The maximum atomic E-state index is 11.6. The zero-order valence-electron chi connectivity index (χ0n) is 11.6. The molecule has 1 aromatic heterocycles. The second kappa shape index (κ2) is 8.28. The summed E-state index contributed by atoms with van der Waals surface area (Å²) in [6, 6.07) is 3.77. The Bertz CT molecular complexity index is 433. The molecule has 0 aliphatic carbocycles. The Morgan fingerprint density at radius 3 is 2.70 bits per heavy atom. The molecule has 0 radical (unpaired) electrons. The number of amides is 2. The van der Waals surface area contributed by atoms with E-state index in [-0.39, 0.29) is 6.54 Å². The molecule has 0 fully saturated rings. The van der Waals surface area contributed by atoms with Crippen molar-refractivity contribution in [2.75, 3.05) is 18.6 Å². The van der Waals surface area contributed by atoms with Gasteiger partial charge in [0.05, 0.1) is 12.1 Å². The van der Waals surface area contributed by atoms with Crippen LogP contribution in [0.1, 0.15) is 18.2 Å². The molecule has 0 unspecified atom stereocenters. The molecule has 1 heterocycles. The van der Waals surface area contributed by atoms with E-state index in [1.165, 1.54) is 11.3 Å². The van der Waals surface area contributed by atoms with Gasteiger partial charge in [0.1, 0.15) is 0 Å². The number of hydrogen-bond acceptors (Lipinski definition) is 5. The summed E-state index contributed by atoms with van der Waals surface area (Å²) in [5, 5.41) is 16.9. The number of rotatable bonds is 7. The molecule has 3 N–H and O–H groups in total. The first-order valence-corrected chi connectivity index (χ1v) is 8.52. The van der Waals surface area contributed by atoms with Gasteiger partial charge in [0, 0.05) is 11.4 Å². The Morgan fingerprint density at radius 1 is 1.40 bits per heavy atom. The number of aliphatic hydroxyl groups is 1. The summed E-state index contributed by atoms with van der Waals surface area (Å²) in [5.74, 6) is -0.599. The van der Waals surface area contributed by atoms with Gasteiger partial charge in [-0.2, -0.15) is 11.8 Å². The van der Waals surface area contributed by atoms with E-state index in [9.17, 15) is 14.7 Å². The van der Waals surface area contributed by atoms with E-state index in [1.807, 2.05) is 23.8 Å². The fourth-order valence-electron chi connectivity index (χ4n) is 1.42. The predicted molar refractivity (Wildman–Crippen MR) is 82.8 cm³/mol. The van der Waals surface area contributed by atoms with E-state index in [0.29, 0.717) is 13.0 Å². The van der Waals surface area contributed by atoms with Gasteiger partial charge in [-0.05, 0) is 36.8 Å². The van der Waals surface area contributed by atoms with Crippen LogP contribution in [-0.4, -0.2) is 41.1 Å². The van der Waals surface area contributed by atoms with Gasteiger partial charge in [-0.25, -0.2) is 0 Å². The van der Waals surface area contributed by atoms with Crippen molar-refractivity contribution in [2.45, 2.75) is 25.5 Å². The van der Waals surface area contributed by atoms with Crippen LogP contribution in [0.5, 0.6) is 0 Å². The Morgan fingerprint density at radius 2 is 2.10 bits per heavy atom. The average Bonchev–Trinajstić information content (AvgIpc) is 2.93. The lowest BCUT2D eigenvalue weighted by molar-refractivity contribution is -0.139. The quantitative estimate of drug-likeness (QED) is 0.655. The lowest BCUT2D eigenvalue weighted by Gasteiger charge is -2.22. The van der Waals surface area contributed by atoms with Gasteiger partial charge < -0.3 is 15.7 Å². The minimum Gasteiger partial charge on any atom is -0.388 e. The molecule has 20 heavy (non-hydrogen) atoms. The molecule has 0 aliphatic heterocycles. The van der Waals surface area contributed by atoms with Crippen LogP contribution in [0.15, 0.2) is 17.5 Å². The van der Waals surface area contributed by atoms with Crippen LogP contribution in [0, 0.1) is 0 Å². The standard InChI is InChI=1S/C13H20N2O3S2/c1-13(18,5-7-19-2)9-15-12(17)11(16)14-8-10-4-3-6-20-10/h3-4,6,18H,5,7-9H2,1-2H3,(H,14,16)(H,15,17)/t13-/m0/s1. The molecule has 0 bridgehead atoms. The van der Waals surface area contributed by atoms with E-state index >= 15 is 0 Å². The first-order chi connectivity index (χ1) is 9.44. The molecule has 0 saturated carbocycles. The zero-order chi connectivity index (χ0) is 15.0. The van der Waals surface area contributed by atoms with Crippen LogP contribution < -0.4 is 10.6 Å². The molecule has 1 atom stereocenters. The minimum atomic E-state index is -0.993. The summed E-state index contributed by atoms with van der Waals surface area (Å²) in [7, 11) is 0. The molecule has 112 valence electrons. The molecule has 7 heteroatoms. The molecule has 1 rings (SSSR count). The number of carbonyl (C=O) groups excluding carboxylic acids is 2. The molecule has 1 aromatic rings. The zero-order valence-corrected chi connectivity index (χ0v) is 13.3. The maximum absolute atomic E-state index is 11.6. The first kappa shape index (κ1) is 17.0. The van der Waals surface area contributed by atoms with Crippen molar-refractivity contribution in [3.63, 3.8) is 0 Å². The topological polar surface area (TPSA) is 78.4 Å². The summed E-state index contributed by atoms with van der Waals surface area (Å²) in [6.07, 6.45) is 2.51. The average molecular weight is 316 g/mol. The lowest BCUT2D eigenvalue weighted by atomic mass is 10.0. The van der Waals surface area contributed by atoms with Gasteiger partial charge in [0.2, 0.25) is 0 Å². The van der Waals surface area contributed by atoms with Crippen molar-refractivity contribution in [3.8, 4) is 0 Å². The van der Waals surface area contributed by atoms with Crippen molar-refractivity contribution in [3.05, 3.63) is 22.4 Å². The highest BCUT2D eigenvalue weighted by molar-refractivity contribution is 7.98. The van der Waals surface area contributed by atoms with Crippen molar-refractivity contribution >= 4 is 34.9 Å². The van der Waals surface area contributed by atoms with E-state index < -0.39 is 17.4 Å². The molecule has 5 nitrogen and oxygen atoms in total. The SMILES string of the molecule is CSCC[C@](C)(O)CNC(=O)C(=O)NCc1cccs1. The smallest absolute Gasteiger partial charge is 0.309 e. The van der Waals surface area contributed by atoms with Crippen molar-refractivity contribution in [1.29, 1.82) is 0 Å². The van der Waals surface area contributed by atoms with Gasteiger partial charge >= 0.3 is 11.8 Å². The van der Waals surface area contributed by atoms with Crippen molar-refractivity contribution < 1.29 is 14.7 Å². The fourth-order valence-corrected chi connectivity index (χ4v) is 2.71. The summed E-state index contributed by atoms with van der Waals surface area (Å²) in [4.78, 5) is 24.1. The third-order valence-corrected chi connectivity index (χ3v) is 4.17. The fraction of sp³-hybridized carbons (Fsp3) is 0.538. The minimum absolute atomic E-state index is 0.0683. The third-order valence-electron chi connectivity index (χ3n) is 2.68. The largest absolute Gasteiger partial charge is 0.388 e. The normalized spacial score (nSPS) is 13.6. The van der Waals surface area contributed by atoms with E-state index in [1.54, 1.807) is 18.7 Å². The number of thioether (sulfide) groups is 1. The summed E-state index contributed by atoms with van der Waals surface area (Å²) in [5.41, 5.74) is -0.993. The number of hydrogen-bond donors (Lipinski definition) is 3. The third kappa shape index (κ3) is 6.40. The molecule has 2 amide bonds. The van der Waals surface area contributed by atoms with Crippen LogP contribution in [0.25, 0.3) is 0 Å². The molecule has 0 aromatic carbocycles. The van der Waals surface area contributed by atoms with Gasteiger partial charge in [0.15, 0.2) is 0 Å². The highest BCUT2D eigenvalue weighted by Gasteiger charge is 2.22. The van der Waals surface area contributed by atoms with Crippen LogP contribution in [-0.2, 0) is 16.1 Å². The van der Waals surface area contributed by atoms with Gasteiger partial charge in [0.25, 0.3) is 0 Å². The summed E-state index contributed by atoms with van der Waals surface area (Å²) >= 11 is 3.14. The monoisotopic (exact) mass is 316 g/mol. The maximum Gasteiger partial charge on any atom is 0.309 e. The highest BCUT2D eigenvalue weighted by Crippen LogP contribution is 2.11. The number of nitrogens with one attached hydrogen (secondary N) is 2. The molecule has 0 spiro atoms. The van der Waals surface area contributed by atoms with Crippen LogP contribution in [0.2, 0.25) is 0 Å². The predicted octanol–water partition coefficient (Wildman–Crippen LogP) is 0.985. The first-order valence-electron chi connectivity index (χ1n) is 6.24. The van der Waals surface area contributed by atoms with Crippen molar-refractivity contribution in [1.82, 2.24) is 10.6 Å². The van der Waals surface area contributed by atoms with Crippen LogP contribution >= 0.6 is 23.1 Å². The number of thiophene rings is 1. The van der Waals surface area contributed by atoms with Gasteiger partial charge in [-0.15, -0.1) is 11.3 Å². The van der Waals surface area contributed by atoms with Crippen LogP contribution in [0.3, 0.4) is 0 Å². The van der Waals surface area contributed by atoms with Crippen molar-refractivity contribution in [2.24, 2.45) is 0 Å². The molecular formula is C13H20N2O3S2. The van der Waals surface area contributed by atoms with Crippen LogP contribution in [0.4, 0.5) is 0 Å². The molecule has 0 aliphatic rings. The highest BCUT2D eigenvalue weighted by atomic mass is 32.2. The van der Waals surface area contributed by atoms with E-state index in [0.717, 1.165) is 10.6 Å². The second-order valence-corrected chi connectivity index (χ2v) is 6.70. The Balaban J connectivity index is 2.29. The molecule has 0 saturated heterocycles. The number of carbonyl (C=O) groups is 2. The molecular weight excluding hydrogens is 296 g/mol. The second-order valence-electron chi connectivity index (χ2n) is 4.68. The van der Waals surface area contributed by atoms with Gasteiger partial charge in [-0.1, -0.05) is 6.07 Å². The van der Waals surface area contributed by atoms with E-state index in [4.69, 9.17) is 0 Å². The van der Waals surface area contributed by atoms with Gasteiger partial charge in [-0.3, -0.25) is 9.59 Å². The lowest BCUT2D eigenvalue weighted by Crippen LogP contribution is -2.46.